The third-order valence-electron chi connectivity index (χ3n) is 3.80. The van der Waals surface area contributed by atoms with E-state index in [-0.39, 0.29) is 18.0 Å². The second kappa shape index (κ2) is 7.47. The van der Waals surface area contributed by atoms with E-state index in [1.54, 1.807) is 25.9 Å². The molecule has 0 spiro atoms. The van der Waals surface area contributed by atoms with Gasteiger partial charge in [0.25, 0.3) is 0 Å². The van der Waals surface area contributed by atoms with E-state index in [4.69, 9.17) is 9.84 Å². The Labute approximate surface area is 120 Å². The summed E-state index contributed by atoms with van der Waals surface area (Å²) in [6.07, 6.45) is 2.26. The molecule has 0 saturated heterocycles. The fraction of sp³-hybridized carbons (Fsp3) is 0.857. The zero-order chi connectivity index (χ0) is 15.3. The van der Waals surface area contributed by atoms with E-state index in [0.29, 0.717) is 19.1 Å². The second-order valence-corrected chi connectivity index (χ2v) is 5.77. The van der Waals surface area contributed by atoms with E-state index in [2.05, 4.69) is 5.32 Å². The Bertz CT molecular complexity index is 342. The van der Waals surface area contributed by atoms with Crippen molar-refractivity contribution in [3.05, 3.63) is 0 Å². The topological polar surface area (TPSA) is 78.9 Å². The lowest BCUT2D eigenvalue weighted by molar-refractivity contribution is -0.140. The lowest BCUT2D eigenvalue weighted by Gasteiger charge is -2.31. The van der Waals surface area contributed by atoms with Crippen molar-refractivity contribution in [3.63, 3.8) is 0 Å². The first-order chi connectivity index (χ1) is 9.38. The maximum atomic E-state index is 12.3. The number of carbonyl (C=O) groups is 2. The number of aliphatic carboxylic acids is 1. The number of nitrogens with zero attached hydrogens (tertiary/aromatic N) is 1. The molecule has 6 nitrogen and oxygen atoms in total. The Kier molecular flexibility index (Phi) is 6.26. The van der Waals surface area contributed by atoms with Gasteiger partial charge in [-0.15, -0.1) is 0 Å². The van der Waals surface area contributed by atoms with Crippen LogP contribution in [0.5, 0.6) is 0 Å². The monoisotopic (exact) mass is 286 g/mol. The summed E-state index contributed by atoms with van der Waals surface area (Å²) in [5.41, 5.74) is 0. The predicted molar refractivity (Wildman–Crippen MR) is 75.6 cm³/mol. The van der Waals surface area contributed by atoms with Crippen molar-refractivity contribution < 1.29 is 19.4 Å². The maximum Gasteiger partial charge on any atom is 0.326 e. The Morgan fingerprint density at radius 3 is 2.35 bits per heavy atom. The van der Waals surface area contributed by atoms with E-state index in [0.717, 1.165) is 12.8 Å². The fourth-order valence-corrected chi connectivity index (χ4v) is 2.24. The minimum absolute atomic E-state index is 0.117. The molecule has 1 saturated carbocycles. The SMILES string of the molecule is COCCN(C(=O)N[C@H](C(=O)O)C(C)C)C(C)C1CC1. The standard InChI is InChI=1S/C14H26N2O4/c1-9(2)12(13(17)18)15-14(19)16(7-8-20-4)10(3)11-5-6-11/h9-12H,5-8H2,1-4H3,(H,15,19)(H,17,18)/t10?,12-/m0/s1. The van der Waals surface area contributed by atoms with Crippen molar-refractivity contribution in [1.82, 2.24) is 10.2 Å². The fourth-order valence-electron chi connectivity index (χ4n) is 2.24. The highest BCUT2D eigenvalue weighted by Gasteiger charge is 2.35. The molecule has 0 aromatic heterocycles. The van der Waals surface area contributed by atoms with Crippen LogP contribution >= 0.6 is 0 Å². The van der Waals surface area contributed by atoms with Gasteiger partial charge in [0.2, 0.25) is 0 Å². The quantitative estimate of drug-likeness (QED) is 0.709. The average molecular weight is 286 g/mol. The molecule has 1 fully saturated rings. The Morgan fingerprint density at radius 1 is 1.35 bits per heavy atom. The lowest BCUT2D eigenvalue weighted by Crippen LogP contribution is -2.53. The van der Waals surface area contributed by atoms with Crippen molar-refractivity contribution in [1.29, 1.82) is 0 Å². The molecule has 0 aromatic rings. The number of carboxylic acid groups (broad SMARTS) is 1. The third-order valence-corrected chi connectivity index (χ3v) is 3.80. The zero-order valence-corrected chi connectivity index (χ0v) is 12.8. The molecule has 1 unspecified atom stereocenters. The summed E-state index contributed by atoms with van der Waals surface area (Å²) in [7, 11) is 1.59. The number of amides is 2. The van der Waals surface area contributed by atoms with Gasteiger partial charge in [0.15, 0.2) is 0 Å². The van der Waals surface area contributed by atoms with Crippen molar-refractivity contribution >= 4 is 12.0 Å². The molecule has 20 heavy (non-hydrogen) atoms. The summed E-state index contributed by atoms with van der Waals surface area (Å²) in [6, 6.07) is -1.06. The molecule has 116 valence electrons. The summed E-state index contributed by atoms with van der Waals surface area (Å²) in [4.78, 5) is 25.2. The molecule has 0 aromatic carbocycles. The highest BCUT2D eigenvalue weighted by atomic mass is 16.5. The molecule has 2 N–H and O–H groups in total. The lowest BCUT2D eigenvalue weighted by atomic mass is 10.1. The summed E-state index contributed by atoms with van der Waals surface area (Å²) >= 11 is 0. The van der Waals surface area contributed by atoms with Crippen LogP contribution in [0.15, 0.2) is 0 Å². The first-order valence-electron chi connectivity index (χ1n) is 7.17. The zero-order valence-electron chi connectivity index (χ0n) is 12.8. The normalized spacial score (nSPS) is 17.6. The summed E-state index contributed by atoms with van der Waals surface area (Å²) in [5.74, 6) is -0.629. The molecule has 0 aliphatic heterocycles. The Morgan fingerprint density at radius 2 is 1.95 bits per heavy atom. The molecular formula is C14H26N2O4. The molecular weight excluding hydrogens is 260 g/mol. The predicted octanol–water partition coefficient (Wildman–Crippen LogP) is 1.55. The minimum Gasteiger partial charge on any atom is -0.480 e. The van der Waals surface area contributed by atoms with Crippen LogP contribution in [-0.2, 0) is 9.53 Å². The van der Waals surface area contributed by atoms with E-state index in [9.17, 15) is 9.59 Å². The average Bonchev–Trinajstić information content (AvgIpc) is 3.19. The van der Waals surface area contributed by atoms with Gasteiger partial charge in [0.05, 0.1) is 6.61 Å². The van der Waals surface area contributed by atoms with Gasteiger partial charge < -0.3 is 20.1 Å². The number of rotatable bonds is 8. The molecule has 0 radical (unpaired) electrons. The number of carbonyl (C=O) groups excluding carboxylic acids is 1. The number of urea groups is 1. The van der Waals surface area contributed by atoms with Gasteiger partial charge in [-0.25, -0.2) is 9.59 Å². The molecule has 1 aliphatic rings. The van der Waals surface area contributed by atoms with Crippen LogP contribution in [0.3, 0.4) is 0 Å². The van der Waals surface area contributed by atoms with Crippen molar-refractivity contribution in [2.24, 2.45) is 11.8 Å². The van der Waals surface area contributed by atoms with Gasteiger partial charge >= 0.3 is 12.0 Å². The first kappa shape index (κ1) is 16.8. The number of nitrogens with one attached hydrogen (secondary N) is 1. The summed E-state index contributed by atoms with van der Waals surface area (Å²) in [6.45, 7) is 6.50. The minimum atomic E-state index is -1.00. The number of carboxylic acids is 1. The van der Waals surface area contributed by atoms with Crippen molar-refractivity contribution in [2.75, 3.05) is 20.3 Å². The molecule has 2 amide bonds. The van der Waals surface area contributed by atoms with Crippen LogP contribution in [0.2, 0.25) is 0 Å². The maximum absolute atomic E-state index is 12.3. The highest BCUT2D eigenvalue weighted by Crippen LogP contribution is 2.35. The van der Waals surface area contributed by atoms with E-state index < -0.39 is 12.0 Å². The van der Waals surface area contributed by atoms with Gasteiger partial charge in [0, 0.05) is 19.7 Å². The molecule has 1 rings (SSSR count). The largest absolute Gasteiger partial charge is 0.480 e. The molecule has 0 bridgehead atoms. The van der Waals surface area contributed by atoms with Crippen molar-refractivity contribution in [3.8, 4) is 0 Å². The third kappa shape index (κ3) is 4.67. The number of hydrogen-bond donors (Lipinski definition) is 2. The molecule has 6 heteroatoms. The van der Waals surface area contributed by atoms with Gasteiger partial charge in [-0.2, -0.15) is 0 Å². The van der Waals surface area contributed by atoms with Crippen LogP contribution in [0.4, 0.5) is 4.79 Å². The highest BCUT2D eigenvalue weighted by molar-refractivity contribution is 5.83. The molecule has 2 atom stereocenters. The van der Waals surface area contributed by atoms with Gasteiger partial charge in [-0.1, -0.05) is 13.8 Å². The van der Waals surface area contributed by atoms with Crippen molar-refractivity contribution in [2.45, 2.75) is 45.7 Å². The van der Waals surface area contributed by atoms with E-state index in [1.807, 2.05) is 6.92 Å². The van der Waals surface area contributed by atoms with Crippen LogP contribution in [0, 0.1) is 11.8 Å². The van der Waals surface area contributed by atoms with Gasteiger partial charge in [0.1, 0.15) is 6.04 Å². The van der Waals surface area contributed by atoms with Crippen LogP contribution in [0.1, 0.15) is 33.6 Å². The Hall–Kier alpha value is -1.30. The van der Waals surface area contributed by atoms with Crippen LogP contribution < -0.4 is 5.32 Å². The van der Waals surface area contributed by atoms with E-state index >= 15 is 0 Å². The van der Waals surface area contributed by atoms with Crippen LogP contribution in [0.25, 0.3) is 0 Å². The van der Waals surface area contributed by atoms with Gasteiger partial charge in [-0.05, 0) is 31.6 Å². The first-order valence-corrected chi connectivity index (χ1v) is 7.17. The van der Waals surface area contributed by atoms with E-state index in [1.165, 1.54) is 0 Å². The number of hydrogen-bond acceptors (Lipinski definition) is 3. The smallest absolute Gasteiger partial charge is 0.326 e. The molecule has 0 heterocycles. The summed E-state index contributed by atoms with van der Waals surface area (Å²) in [5, 5.41) is 11.8. The molecule has 1 aliphatic carbocycles. The van der Waals surface area contributed by atoms with Crippen LogP contribution in [-0.4, -0.2) is 54.4 Å². The Balaban J connectivity index is 2.68. The van der Waals surface area contributed by atoms with Gasteiger partial charge in [-0.3, -0.25) is 0 Å². The number of ether oxygens (including phenoxy) is 1. The summed E-state index contributed by atoms with van der Waals surface area (Å²) < 4.78 is 5.03. The number of methoxy groups -OCH3 is 1. The second-order valence-electron chi connectivity index (χ2n) is 5.77.